The molecule has 0 aromatic heterocycles. The van der Waals surface area contributed by atoms with Crippen LogP contribution in [0, 0.1) is 11.3 Å². The summed E-state index contributed by atoms with van der Waals surface area (Å²) in [5, 5.41) is 12.3. The molecule has 0 aliphatic carbocycles. The average molecular weight is 314 g/mol. The third-order valence-electron chi connectivity index (χ3n) is 3.70. The van der Waals surface area contributed by atoms with Crippen LogP contribution in [0.1, 0.15) is 6.92 Å². The first-order chi connectivity index (χ1) is 11.2. The first-order valence-corrected chi connectivity index (χ1v) is 7.72. The van der Waals surface area contributed by atoms with Crippen LogP contribution >= 0.6 is 0 Å². The summed E-state index contributed by atoms with van der Waals surface area (Å²) in [5.41, 5.74) is 0.828. The van der Waals surface area contributed by atoms with Gasteiger partial charge in [-0.2, -0.15) is 5.26 Å². The topological polar surface area (TPSA) is 68.6 Å². The van der Waals surface area contributed by atoms with Crippen molar-refractivity contribution < 1.29 is 9.53 Å². The highest BCUT2D eigenvalue weighted by Crippen LogP contribution is 2.23. The Balaban J connectivity index is 2.07. The van der Waals surface area contributed by atoms with Crippen LogP contribution in [0.3, 0.4) is 0 Å². The second-order valence-electron chi connectivity index (χ2n) is 5.34. The second kappa shape index (κ2) is 8.20. The van der Waals surface area contributed by atoms with Crippen LogP contribution in [-0.4, -0.2) is 55.5 Å². The Labute approximate surface area is 136 Å². The van der Waals surface area contributed by atoms with E-state index in [2.05, 4.69) is 10.2 Å². The summed E-state index contributed by atoms with van der Waals surface area (Å²) in [4.78, 5) is 16.3. The Hall–Kier alpha value is -2.52. The number of amides is 1. The number of carbonyl (C=O) groups is 1. The van der Waals surface area contributed by atoms with Gasteiger partial charge in [0.15, 0.2) is 0 Å². The highest BCUT2D eigenvalue weighted by Gasteiger charge is 2.22. The van der Waals surface area contributed by atoms with E-state index in [0.29, 0.717) is 25.4 Å². The quantitative estimate of drug-likeness (QED) is 0.661. The van der Waals surface area contributed by atoms with Gasteiger partial charge in [-0.1, -0.05) is 12.1 Å². The molecule has 1 heterocycles. The van der Waals surface area contributed by atoms with Crippen molar-refractivity contribution in [1.82, 2.24) is 9.80 Å². The fourth-order valence-electron chi connectivity index (χ4n) is 2.34. The molecule has 1 N–H and O–H groups in total. The first kappa shape index (κ1) is 16.8. The van der Waals surface area contributed by atoms with Gasteiger partial charge in [-0.05, 0) is 26.1 Å². The monoisotopic (exact) mass is 314 g/mol. The lowest BCUT2D eigenvalue weighted by Gasteiger charge is -2.32. The summed E-state index contributed by atoms with van der Waals surface area (Å²) in [6, 6.07) is 9.41. The first-order valence-electron chi connectivity index (χ1n) is 7.72. The normalized spacial score (nSPS) is 15.9. The summed E-state index contributed by atoms with van der Waals surface area (Å²) in [6.45, 7) is 5.39. The maximum Gasteiger partial charge on any atom is 0.266 e. The minimum atomic E-state index is -0.234. The molecule has 0 spiro atoms. The highest BCUT2D eigenvalue weighted by molar-refractivity contribution is 5.97. The number of nitrogens with one attached hydrogen (secondary N) is 1. The molecule has 1 aliphatic rings. The number of anilines is 1. The van der Waals surface area contributed by atoms with Gasteiger partial charge in [-0.25, -0.2) is 0 Å². The number of rotatable bonds is 5. The predicted molar refractivity (Wildman–Crippen MR) is 89.0 cm³/mol. The van der Waals surface area contributed by atoms with Crippen molar-refractivity contribution in [3.63, 3.8) is 0 Å². The smallest absolute Gasteiger partial charge is 0.266 e. The summed E-state index contributed by atoms with van der Waals surface area (Å²) in [7, 11) is 2.02. The lowest BCUT2D eigenvalue weighted by molar-refractivity contribution is -0.128. The fourth-order valence-corrected chi connectivity index (χ4v) is 2.34. The molecule has 0 unspecified atom stereocenters. The number of hydrogen-bond acceptors (Lipinski definition) is 5. The van der Waals surface area contributed by atoms with Crippen LogP contribution < -0.4 is 10.1 Å². The van der Waals surface area contributed by atoms with E-state index in [0.717, 1.165) is 18.8 Å². The molecule has 6 nitrogen and oxygen atoms in total. The molecule has 0 saturated carbocycles. The van der Waals surface area contributed by atoms with Crippen LogP contribution in [-0.2, 0) is 4.79 Å². The van der Waals surface area contributed by atoms with Crippen LogP contribution in [0.15, 0.2) is 36.0 Å². The molecule has 2 rings (SSSR count). The minimum absolute atomic E-state index is 0.0980. The molecule has 1 aromatic rings. The van der Waals surface area contributed by atoms with Crippen LogP contribution in [0.4, 0.5) is 5.69 Å². The second-order valence-corrected chi connectivity index (χ2v) is 5.34. The van der Waals surface area contributed by atoms with E-state index in [9.17, 15) is 10.1 Å². The molecular weight excluding hydrogens is 292 g/mol. The highest BCUT2D eigenvalue weighted by atomic mass is 16.5. The molecule has 23 heavy (non-hydrogen) atoms. The molecular formula is C17H22N4O2. The zero-order chi connectivity index (χ0) is 16.7. The SMILES string of the molecule is CCOc1ccccc1N/C=C(/C#N)C(=O)N1CCN(C)CC1. The van der Waals surface area contributed by atoms with Crippen molar-refractivity contribution in [3.05, 3.63) is 36.0 Å². The number of nitrogens with zero attached hydrogens (tertiary/aromatic N) is 3. The standard InChI is InChI=1S/C17H22N4O2/c1-3-23-16-7-5-4-6-15(16)19-13-14(12-18)17(22)21-10-8-20(2)9-11-21/h4-7,13,19H,3,8-11H2,1-2H3/b14-13-. The molecule has 122 valence electrons. The Kier molecular flexibility index (Phi) is 6.01. The van der Waals surface area contributed by atoms with Gasteiger partial charge in [0, 0.05) is 32.4 Å². The van der Waals surface area contributed by atoms with Gasteiger partial charge in [0.25, 0.3) is 5.91 Å². The molecule has 6 heteroatoms. The number of piperazine rings is 1. The molecule has 0 atom stereocenters. The molecule has 0 radical (unpaired) electrons. The minimum Gasteiger partial charge on any atom is -0.492 e. The number of nitriles is 1. The van der Waals surface area contributed by atoms with Gasteiger partial charge in [0.1, 0.15) is 17.4 Å². The largest absolute Gasteiger partial charge is 0.492 e. The van der Waals surface area contributed by atoms with Gasteiger partial charge in [0.2, 0.25) is 0 Å². The van der Waals surface area contributed by atoms with Crippen molar-refractivity contribution in [3.8, 4) is 11.8 Å². The zero-order valence-corrected chi connectivity index (χ0v) is 13.6. The predicted octanol–water partition coefficient (Wildman–Crippen LogP) is 1.68. The molecule has 1 aromatic carbocycles. The van der Waals surface area contributed by atoms with Gasteiger partial charge in [-0.15, -0.1) is 0 Å². The lowest BCUT2D eigenvalue weighted by atomic mass is 10.2. The number of carbonyl (C=O) groups excluding carboxylic acids is 1. The van der Waals surface area contributed by atoms with E-state index in [1.165, 1.54) is 6.20 Å². The van der Waals surface area contributed by atoms with Crippen LogP contribution in [0.2, 0.25) is 0 Å². The molecule has 1 amide bonds. The Morgan fingerprint density at radius 3 is 2.70 bits per heavy atom. The summed E-state index contributed by atoms with van der Waals surface area (Å²) in [5.74, 6) is 0.456. The van der Waals surface area contributed by atoms with E-state index < -0.39 is 0 Å². The number of likely N-dealkylation sites (N-methyl/N-ethyl adjacent to an activating group) is 1. The van der Waals surface area contributed by atoms with Crippen molar-refractivity contribution in [2.75, 3.05) is 45.2 Å². The van der Waals surface area contributed by atoms with E-state index in [1.54, 1.807) is 4.90 Å². The van der Waals surface area contributed by atoms with E-state index >= 15 is 0 Å². The Bertz CT molecular complexity index is 613. The van der Waals surface area contributed by atoms with Crippen LogP contribution in [0.25, 0.3) is 0 Å². The third kappa shape index (κ3) is 4.47. The van der Waals surface area contributed by atoms with Gasteiger partial charge in [-0.3, -0.25) is 4.79 Å². The summed E-state index contributed by atoms with van der Waals surface area (Å²) < 4.78 is 5.52. The molecule has 0 bridgehead atoms. The summed E-state index contributed by atoms with van der Waals surface area (Å²) >= 11 is 0. The van der Waals surface area contributed by atoms with Crippen LogP contribution in [0.5, 0.6) is 5.75 Å². The maximum atomic E-state index is 12.4. The number of ether oxygens (including phenoxy) is 1. The van der Waals surface area contributed by atoms with E-state index in [-0.39, 0.29) is 11.5 Å². The van der Waals surface area contributed by atoms with Crippen molar-refractivity contribution in [2.24, 2.45) is 0 Å². The molecule has 1 fully saturated rings. The van der Waals surface area contributed by atoms with Crippen molar-refractivity contribution >= 4 is 11.6 Å². The van der Waals surface area contributed by atoms with Gasteiger partial charge >= 0.3 is 0 Å². The fraction of sp³-hybridized carbons (Fsp3) is 0.412. The number of para-hydroxylation sites is 2. The maximum absolute atomic E-state index is 12.4. The van der Waals surface area contributed by atoms with Gasteiger partial charge in [0.05, 0.1) is 12.3 Å². The average Bonchev–Trinajstić information content (AvgIpc) is 2.57. The molecule has 1 saturated heterocycles. The Morgan fingerprint density at radius 2 is 2.04 bits per heavy atom. The molecule has 1 aliphatic heterocycles. The van der Waals surface area contributed by atoms with E-state index in [1.807, 2.05) is 44.3 Å². The number of hydrogen-bond donors (Lipinski definition) is 1. The van der Waals surface area contributed by atoms with Gasteiger partial charge < -0.3 is 19.9 Å². The van der Waals surface area contributed by atoms with Crippen molar-refractivity contribution in [2.45, 2.75) is 6.92 Å². The van der Waals surface area contributed by atoms with Crippen molar-refractivity contribution in [1.29, 1.82) is 5.26 Å². The van der Waals surface area contributed by atoms with E-state index in [4.69, 9.17) is 4.74 Å². The summed E-state index contributed by atoms with van der Waals surface area (Å²) in [6.07, 6.45) is 1.46. The lowest BCUT2D eigenvalue weighted by Crippen LogP contribution is -2.47. The zero-order valence-electron chi connectivity index (χ0n) is 13.6. The Morgan fingerprint density at radius 1 is 1.35 bits per heavy atom. The third-order valence-corrected chi connectivity index (χ3v) is 3.70. The number of benzene rings is 1.